The Kier molecular flexibility index (Phi) is 11.6. The average molecular weight is 480 g/mol. The Morgan fingerprint density at radius 2 is 1.58 bits per heavy atom. The van der Waals surface area contributed by atoms with Gasteiger partial charge < -0.3 is 0 Å². The third-order valence-corrected chi connectivity index (χ3v) is 12.5. The Morgan fingerprint density at radius 3 is 2.23 bits per heavy atom. The van der Waals surface area contributed by atoms with Crippen LogP contribution in [-0.4, -0.2) is 8.80 Å². The molecule has 2 aliphatic rings. The maximum absolute atomic E-state index is 6.08. The highest BCUT2D eigenvalue weighted by atomic mass is 35.5. The van der Waals surface area contributed by atoms with E-state index in [9.17, 15) is 0 Å². The fourth-order valence-electron chi connectivity index (χ4n) is 6.24. The van der Waals surface area contributed by atoms with Gasteiger partial charge in [0.05, 0.1) is 5.03 Å². The number of unbranched alkanes of at least 4 members (excludes halogenated alkanes) is 3. The van der Waals surface area contributed by atoms with E-state index >= 15 is 0 Å². The predicted molar refractivity (Wildman–Crippen MR) is 143 cm³/mol. The lowest BCUT2D eigenvalue weighted by Gasteiger charge is -2.37. The summed E-state index contributed by atoms with van der Waals surface area (Å²) in [7, 11) is -0.333. The number of halogens is 2. The summed E-state index contributed by atoms with van der Waals surface area (Å²) in [6.45, 7) is 2.34. The van der Waals surface area contributed by atoms with Crippen molar-refractivity contribution in [1.29, 1.82) is 0 Å². The second-order valence-corrected chi connectivity index (χ2v) is 14.5. The second-order valence-electron chi connectivity index (χ2n) is 10.5. The van der Waals surface area contributed by atoms with Crippen LogP contribution in [0.1, 0.15) is 95.1 Å². The maximum atomic E-state index is 6.08. The normalized spacial score (nSPS) is 27.4. The molecule has 0 unspecified atom stereocenters. The lowest BCUT2D eigenvalue weighted by Crippen LogP contribution is -2.28. The van der Waals surface area contributed by atoms with Crippen LogP contribution < -0.4 is 0 Å². The Labute approximate surface area is 203 Å². The highest BCUT2D eigenvalue weighted by Crippen LogP contribution is 2.42. The molecule has 3 rings (SSSR count). The maximum Gasteiger partial charge on any atom is 0.0591 e. The fourth-order valence-corrected chi connectivity index (χ4v) is 10.0. The van der Waals surface area contributed by atoms with Gasteiger partial charge in [0.1, 0.15) is 0 Å². The zero-order valence-electron chi connectivity index (χ0n) is 19.8. The van der Waals surface area contributed by atoms with Crippen molar-refractivity contribution in [3.63, 3.8) is 0 Å². The quantitative estimate of drug-likeness (QED) is 0.219. The average Bonchev–Trinajstić information content (AvgIpc) is 2.83. The monoisotopic (exact) mass is 478 g/mol. The van der Waals surface area contributed by atoms with Gasteiger partial charge in [-0.05, 0) is 54.6 Å². The molecular formula is C28H44Cl2Si. The molecular weight excluding hydrogens is 435 g/mol. The summed E-state index contributed by atoms with van der Waals surface area (Å²) < 4.78 is 0. The molecule has 1 aliphatic heterocycles. The third-order valence-electron chi connectivity index (χ3n) is 8.32. The third kappa shape index (κ3) is 8.56. The fraction of sp³-hybridized carbons (Fsp3) is 0.714. The Hall–Kier alpha value is -0.243. The van der Waals surface area contributed by atoms with Crippen molar-refractivity contribution in [2.45, 2.75) is 109 Å². The van der Waals surface area contributed by atoms with Crippen molar-refractivity contribution in [3.05, 3.63) is 40.9 Å². The van der Waals surface area contributed by atoms with Gasteiger partial charge in [0.15, 0.2) is 0 Å². The van der Waals surface area contributed by atoms with Gasteiger partial charge in [-0.2, -0.15) is 0 Å². The van der Waals surface area contributed by atoms with E-state index in [4.69, 9.17) is 23.2 Å². The van der Waals surface area contributed by atoms with Crippen LogP contribution in [0.25, 0.3) is 5.03 Å². The summed E-state index contributed by atoms with van der Waals surface area (Å²) in [5.41, 5.74) is 3.86. The molecule has 174 valence electrons. The van der Waals surface area contributed by atoms with Gasteiger partial charge in [-0.15, -0.1) is 0 Å². The molecule has 1 aromatic carbocycles. The van der Waals surface area contributed by atoms with Gasteiger partial charge in [0.25, 0.3) is 0 Å². The van der Waals surface area contributed by atoms with E-state index in [1.54, 1.807) is 31.0 Å². The molecule has 31 heavy (non-hydrogen) atoms. The summed E-state index contributed by atoms with van der Waals surface area (Å²) in [5.74, 6) is 3.18. The molecule has 0 bridgehead atoms. The van der Waals surface area contributed by atoms with Gasteiger partial charge in [0.2, 0.25) is 0 Å². The smallest absolute Gasteiger partial charge is 0.0591 e. The molecule has 0 N–H and O–H groups in total. The largest absolute Gasteiger partial charge is 0.0913 e. The molecule has 1 heterocycles. The minimum atomic E-state index is -0.333. The van der Waals surface area contributed by atoms with Gasteiger partial charge in [0, 0.05) is 14.3 Å². The summed E-state index contributed by atoms with van der Waals surface area (Å²) in [6, 6.07) is 13.6. The number of hydrogen-bond acceptors (Lipinski definition) is 0. The van der Waals surface area contributed by atoms with Crippen LogP contribution >= 0.6 is 23.2 Å². The van der Waals surface area contributed by atoms with Crippen LogP contribution in [0, 0.1) is 17.8 Å². The molecule has 0 radical (unpaired) electrons. The van der Waals surface area contributed by atoms with E-state index in [2.05, 4.69) is 31.2 Å². The van der Waals surface area contributed by atoms with Gasteiger partial charge >= 0.3 is 0 Å². The molecule has 0 spiro atoms. The molecule has 0 atom stereocenters. The summed E-state index contributed by atoms with van der Waals surface area (Å²) in [5, 5.41) is 0.617. The van der Waals surface area contributed by atoms with Gasteiger partial charge in [-0.3, -0.25) is 0 Å². The highest BCUT2D eigenvalue weighted by molar-refractivity contribution is 6.59. The molecule has 0 nitrogen and oxygen atoms in total. The van der Waals surface area contributed by atoms with Gasteiger partial charge in [-0.25, -0.2) is 0 Å². The van der Waals surface area contributed by atoms with Crippen LogP contribution in [0.3, 0.4) is 0 Å². The molecule has 1 aromatic rings. The van der Waals surface area contributed by atoms with Crippen LogP contribution in [0.2, 0.25) is 18.1 Å². The zero-order valence-corrected chi connectivity index (χ0v) is 22.4. The Balaban J connectivity index is 1.26. The number of rotatable bonds is 11. The first kappa shape index (κ1) is 25.4. The van der Waals surface area contributed by atoms with Crippen LogP contribution in [0.5, 0.6) is 0 Å². The molecule has 2 fully saturated rings. The lowest BCUT2D eigenvalue weighted by atomic mass is 9.73. The minimum Gasteiger partial charge on any atom is -0.0913 e. The van der Waals surface area contributed by atoms with Crippen LogP contribution in [0.15, 0.2) is 29.8 Å². The summed E-state index contributed by atoms with van der Waals surface area (Å²) in [6.07, 6.45) is 19.0. The van der Waals surface area contributed by atoms with Crippen molar-refractivity contribution in [2.75, 3.05) is 0 Å². The van der Waals surface area contributed by atoms with E-state index in [0.29, 0.717) is 5.03 Å². The van der Waals surface area contributed by atoms with Crippen molar-refractivity contribution in [3.8, 4) is 0 Å². The first-order chi connectivity index (χ1) is 15.2. The van der Waals surface area contributed by atoms with E-state index in [1.807, 2.05) is 0 Å². The van der Waals surface area contributed by atoms with E-state index in [-0.39, 0.29) is 8.80 Å². The molecule has 3 heteroatoms. The van der Waals surface area contributed by atoms with Crippen LogP contribution in [0.4, 0.5) is 0 Å². The van der Waals surface area contributed by atoms with Crippen molar-refractivity contribution >= 4 is 37.0 Å². The van der Waals surface area contributed by atoms with Crippen molar-refractivity contribution in [2.24, 2.45) is 17.8 Å². The second kappa shape index (κ2) is 14.1. The topological polar surface area (TPSA) is 0 Å². The summed E-state index contributed by atoms with van der Waals surface area (Å²) in [4.78, 5) is 0. The van der Waals surface area contributed by atoms with Crippen molar-refractivity contribution in [1.82, 2.24) is 0 Å². The molecule has 1 saturated carbocycles. The SMILES string of the molecule is CCCCC[SiH]1CCC([C@H]2CC[C@H](CCCCc3ccc(/C(Cl)=C/Cl)cc3)CC2)CC1. The van der Waals surface area contributed by atoms with E-state index < -0.39 is 0 Å². The van der Waals surface area contributed by atoms with E-state index in [1.165, 1.54) is 81.7 Å². The minimum absolute atomic E-state index is 0.333. The van der Waals surface area contributed by atoms with E-state index in [0.717, 1.165) is 23.3 Å². The first-order valence-electron chi connectivity index (χ1n) is 13.2. The number of aryl methyl sites for hydroxylation is 1. The molecule has 0 amide bonds. The standard InChI is InChI=1S/C28H44Cl2Si/c1-2-3-6-19-31-20-17-26(18-21-31)25-13-9-23(10-14-25)7-4-5-8-24-11-15-27(16-12-24)28(30)22-29/h11-12,15-16,22-23,25-26,31H,2-10,13-14,17-21H2,1H3/b28-22-/t23-,25-,26?,31?. The molecule has 0 aromatic heterocycles. The van der Waals surface area contributed by atoms with Crippen LogP contribution in [-0.2, 0) is 6.42 Å². The highest BCUT2D eigenvalue weighted by Gasteiger charge is 2.30. The molecule has 1 saturated heterocycles. The lowest BCUT2D eigenvalue weighted by molar-refractivity contribution is 0.184. The number of hydrogen-bond donors (Lipinski definition) is 0. The first-order valence-corrected chi connectivity index (χ1v) is 16.5. The predicted octanol–water partition coefficient (Wildman–Crippen LogP) is 9.81. The molecule has 1 aliphatic carbocycles. The summed E-state index contributed by atoms with van der Waals surface area (Å²) >= 11 is 11.8. The Bertz CT molecular complexity index is 637. The van der Waals surface area contributed by atoms with Gasteiger partial charge in [-0.1, -0.05) is 130 Å². The zero-order chi connectivity index (χ0) is 21.9. The van der Waals surface area contributed by atoms with Crippen molar-refractivity contribution < 1.29 is 0 Å². The number of benzene rings is 1. The Morgan fingerprint density at radius 1 is 0.903 bits per heavy atom.